The lowest BCUT2D eigenvalue weighted by molar-refractivity contribution is -1.00. The van der Waals surface area contributed by atoms with E-state index in [2.05, 4.69) is 7.05 Å². The van der Waals surface area contributed by atoms with Crippen molar-refractivity contribution in [2.45, 2.75) is 0 Å². The fourth-order valence-electron chi connectivity index (χ4n) is 2.49. The van der Waals surface area contributed by atoms with Crippen LogP contribution >= 0.6 is 0 Å². The summed E-state index contributed by atoms with van der Waals surface area (Å²) < 4.78 is 16.4. The van der Waals surface area contributed by atoms with Gasteiger partial charge < -0.3 is 24.0 Å². The maximum Gasteiger partial charge on any atom is 0.127 e. The molecule has 0 saturated carbocycles. The molecule has 0 atom stereocenters. The smallest absolute Gasteiger partial charge is 0.127 e. The van der Waals surface area contributed by atoms with Gasteiger partial charge in [0.15, 0.2) is 0 Å². The van der Waals surface area contributed by atoms with E-state index in [1.807, 2.05) is 24.3 Å². The van der Waals surface area contributed by atoms with Crippen molar-refractivity contribution >= 4 is 0 Å². The van der Waals surface area contributed by atoms with Crippen molar-refractivity contribution in [3.8, 4) is 11.5 Å². The number of likely N-dealkylation sites (N-methyl/N-ethyl adjacent to an activating group) is 1. The SMILES string of the molecule is COc1ccc(OCCOCC[NH+]2CC[NH+](C)CC2)cc1. The minimum Gasteiger partial charge on any atom is -0.497 e. The lowest BCUT2D eigenvalue weighted by Gasteiger charge is -2.27. The predicted molar refractivity (Wildman–Crippen MR) is 81.5 cm³/mol. The highest BCUT2D eigenvalue weighted by atomic mass is 16.5. The first-order valence-electron chi connectivity index (χ1n) is 7.77. The molecule has 1 aliphatic heterocycles. The molecule has 118 valence electrons. The molecular weight excluding hydrogens is 268 g/mol. The van der Waals surface area contributed by atoms with Crippen LogP contribution in [0.2, 0.25) is 0 Å². The first kappa shape index (κ1) is 16.1. The molecule has 21 heavy (non-hydrogen) atoms. The molecule has 5 heteroatoms. The van der Waals surface area contributed by atoms with Gasteiger partial charge in [-0.3, -0.25) is 0 Å². The van der Waals surface area contributed by atoms with E-state index in [1.54, 1.807) is 16.9 Å². The van der Waals surface area contributed by atoms with Crippen LogP contribution in [-0.4, -0.2) is 66.7 Å². The number of benzene rings is 1. The van der Waals surface area contributed by atoms with Crippen LogP contribution in [0.1, 0.15) is 0 Å². The molecule has 2 rings (SSSR count). The number of methoxy groups -OCH3 is 1. The van der Waals surface area contributed by atoms with E-state index in [-0.39, 0.29) is 0 Å². The number of hydrogen-bond acceptors (Lipinski definition) is 3. The highest BCUT2D eigenvalue weighted by molar-refractivity contribution is 5.31. The lowest BCUT2D eigenvalue weighted by Crippen LogP contribution is -3.27. The van der Waals surface area contributed by atoms with Crippen LogP contribution < -0.4 is 19.3 Å². The zero-order valence-corrected chi connectivity index (χ0v) is 13.2. The first-order chi connectivity index (χ1) is 10.3. The van der Waals surface area contributed by atoms with Crippen LogP contribution in [0, 0.1) is 0 Å². The molecule has 2 N–H and O–H groups in total. The first-order valence-corrected chi connectivity index (χ1v) is 7.77. The van der Waals surface area contributed by atoms with Crippen molar-refractivity contribution in [1.29, 1.82) is 0 Å². The maximum atomic E-state index is 5.65. The van der Waals surface area contributed by atoms with Gasteiger partial charge in [-0.15, -0.1) is 0 Å². The third-order valence-corrected chi connectivity index (χ3v) is 3.97. The van der Waals surface area contributed by atoms with E-state index in [1.165, 1.54) is 26.2 Å². The van der Waals surface area contributed by atoms with Gasteiger partial charge in [-0.2, -0.15) is 0 Å². The Morgan fingerprint density at radius 2 is 1.57 bits per heavy atom. The second kappa shape index (κ2) is 8.87. The Morgan fingerprint density at radius 3 is 2.24 bits per heavy atom. The molecule has 0 spiro atoms. The van der Waals surface area contributed by atoms with Gasteiger partial charge in [-0.05, 0) is 24.3 Å². The van der Waals surface area contributed by atoms with Gasteiger partial charge in [-0.25, -0.2) is 0 Å². The normalized spacial score (nSPS) is 22.0. The summed E-state index contributed by atoms with van der Waals surface area (Å²) in [5, 5.41) is 0. The van der Waals surface area contributed by atoms with Crippen LogP contribution in [-0.2, 0) is 4.74 Å². The van der Waals surface area contributed by atoms with E-state index in [0.29, 0.717) is 13.2 Å². The zero-order valence-electron chi connectivity index (χ0n) is 13.2. The summed E-state index contributed by atoms with van der Waals surface area (Å²) in [6.07, 6.45) is 0. The van der Waals surface area contributed by atoms with Crippen molar-refractivity contribution in [1.82, 2.24) is 0 Å². The minimum atomic E-state index is 0.592. The second-order valence-corrected chi connectivity index (χ2v) is 5.59. The third-order valence-electron chi connectivity index (χ3n) is 3.97. The van der Waals surface area contributed by atoms with Gasteiger partial charge >= 0.3 is 0 Å². The van der Waals surface area contributed by atoms with E-state index < -0.39 is 0 Å². The summed E-state index contributed by atoms with van der Waals surface area (Å²) in [6, 6.07) is 7.62. The molecule has 5 nitrogen and oxygen atoms in total. The van der Waals surface area contributed by atoms with Gasteiger partial charge in [-0.1, -0.05) is 0 Å². The van der Waals surface area contributed by atoms with Gasteiger partial charge in [0.25, 0.3) is 0 Å². The number of rotatable bonds is 8. The Hall–Kier alpha value is -1.30. The molecule has 1 aliphatic rings. The zero-order chi connectivity index (χ0) is 14.9. The minimum absolute atomic E-state index is 0.592. The van der Waals surface area contributed by atoms with E-state index in [0.717, 1.165) is 24.7 Å². The van der Waals surface area contributed by atoms with Crippen molar-refractivity contribution in [3.63, 3.8) is 0 Å². The molecule has 1 aromatic rings. The average molecular weight is 296 g/mol. The van der Waals surface area contributed by atoms with Crippen LogP contribution in [0.3, 0.4) is 0 Å². The topological polar surface area (TPSA) is 36.6 Å². The molecule has 0 amide bonds. The van der Waals surface area contributed by atoms with Crippen molar-refractivity contribution in [2.75, 3.05) is 66.7 Å². The molecular formula is C16H28N2O3+2. The lowest BCUT2D eigenvalue weighted by atomic mass is 10.3. The molecule has 0 aliphatic carbocycles. The maximum absolute atomic E-state index is 5.65. The van der Waals surface area contributed by atoms with E-state index in [4.69, 9.17) is 14.2 Å². The van der Waals surface area contributed by atoms with Crippen molar-refractivity contribution < 1.29 is 24.0 Å². The number of ether oxygens (including phenoxy) is 3. The van der Waals surface area contributed by atoms with Crippen molar-refractivity contribution in [3.05, 3.63) is 24.3 Å². The van der Waals surface area contributed by atoms with Gasteiger partial charge in [0.2, 0.25) is 0 Å². The van der Waals surface area contributed by atoms with Gasteiger partial charge in [0, 0.05) is 0 Å². The number of hydrogen-bond donors (Lipinski definition) is 2. The Morgan fingerprint density at radius 1 is 0.905 bits per heavy atom. The summed E-state index contributed by atoms with van der Waals surface area (Å²) in [4.78, 5) is 3.31. The molecule has 1 fully saturated rings. The van der Waals surface area contributed by atoms with Crippen LogP contribution in [0.15, 0.2) is 24.3 Å². The summed E-state index contributed by atoms with van der Waals surface area (Å²) in [5.74, 6) is 1.70. The molecule has 0 bridgehead atoms. The summed E-state index contributed by atoms with van der Waals surface area (Å²) in [6.45, 7) is 8.23. The van der Waals surface area contributed by atoms with Crippen LogP contribution in [0.4, 0.5) is 0 Å². The second-order valence-electron chi connectivity index (χ2n) is 5.59. The summed E-state index contributed by atoms with van der Waals surface area (Å²) in [7, 11) is 3.93. The average Bonchev–Trinajstić information content (AvgIpc) is 2.53. The third kappa shape index (κ3) is 5.91. The van der Waals surface area contributed by atoms with E-state index >= 15 is 0 Å². The summed E-state index contributed by atoms with van der Waals surface area (Å²) in [5.41, 5.74) is 0. The van der Waals surface area contributed by atoms with Gasteiger partial charge in [0.1, 0.15) is 50.8 Å². The molecule has 1 saturated heterocycles. The Balaban J connectivity index is 1.49. The number of nitrogens with one attached hydrogen (secondary N) is 2. The largest absolute Gasteiger partial charge is 0.497 e. The molecule has 1 aromatic carbocycles. The molecule has 0 radical (unpaired) electrons. The van der Waals surface area contributed by atoms with Gasteiger partial charge in [0.05, 0.1) is 27.4 Å². The highest BCUT2D eigenvalue weighted by Crippen LogP contribution is 2.16. The molecule has 1 heterocycles. The fourth-order valence-corrected chi connectivity index (χ4v) is 2.49. The van der Waals surface area contributed by atoms with Crippen LogP contribution in [0.5, 0.6) is 11.5 Å². The van der Waals surface area contributed by atoms with E-state index in [9.17, 15) is 0 Å². The standard InChI is InChI=1S/C16H26N2O3/c1-17-7-9-18(10-8-17)11-12-20-13-14-21-16-5-3-15(19-2)4-6-16/h3-6H,7-14H2,1-2H3/p+2. The molecule has 0 unspecified atom stereocenters. The predicted octanol–water partition coefficient (Wildman–Crippen LogP) is -1.50. The monoisotopic (exact) mass is 296 g/mol. The van der Waals surface area contributed by atoms with Crippen LogP contribution in [0.25, 0.3) is 0 Å². The quantitative estimate of drug-likeness (QED) is 0.574. The number of piperazine rings is 1. The Bertz CT molecular complexity index is 389. The number of quaternary nitrogens is 2. The Kier molecular flexibility index (Phi) is 6.79. The summed E-state index contributed by atoms with van der Waals surface area (Å²) >= 11 is 0. The fraction of sp³-hybridized carbons (Fsp3) is 0.625. The molecule has 0 aromatic heterocycles. The van der Waals surface area contributed by atoms with Crippen molar-refractivity contribution in [2.24, 2.45) is 0 Å². The highest BCUT2D eigenvalue weighted by Gasteiger charge is 2.18. The Labute approximate surface area is 127 Å².